The van der Waals surface area contributed by atoms with Gasteiger partial charge in [0, 0.05) is 17.0 Å². The van der Waals surface area contributed by atoms with Gasteiger partial charge >= 0.3 is 5.63 Å². The van der Waals surface area contributed by atoms with Crippen LogP contribution < -0.4 is 15.4 Å². The maximum Gasteiger partial charge on any atom is 0.336 e. The fraction of sp³-hybridized carbons (Fsp3) is 0.348. The lowest BCUT2D eigenvalue weighted by molar-refractivity contribution is -0.914. The summed E-state index contributed by atoms with van der Waals surface area (Å²) in [5.41, 5.74) is 3.29. The molecule has 1 fully saturated rings. The molecule has 0 unspecified atom stereocenters. The summed E-state index contributed by atoms with van der Waals surface area (Å²) >= 11 is 0. The van der Waals surface area contributed by atoms with Crippen LogP contribution in [-0.4, -0.2) is 26.2 Å². The molecule has 1 aliphatic rings. The van der Waals surface area contributed by atoms with E-state index >= 15 is 0 Å². The second-order valence-electron chi connectivity index (χ2n) is 7.87. The van der Waals surface area contributed by atoms with Gasteiger partial charge in [0.15, 0.2) is 0 Å². The van der Waals surface area contributed by atoms with Crippen LogP contribution in [0, 0.1) is 5.82 Å². The van der Waals surface area contributed by atoms with Crippen LogP contribution in [0.3, 0.4) is 0 Å². The van der Waals surface area contributed by atoms with Crippen molar-refractivity contribution in [3.8, 4) is 0 Å². The van der Waals surface area contributed by atoms with Gasteiger partial charge in [-0.1, -0.05) is 32.0 Å². The van der Waals surface area contributed by atoms with Gasteiger partial charge in [0.05, 0.1) is 31.9 Å². The van der Waals surface area contributed by atoms with Gasteiger partial charge in [-0.05, 0) is 35.7 Å². The minimum absolute atomic E-state index is 0.168. The largest absolute Gasteiger partial charge is 0.423 e. The number of quaternary nitrogens is 1. The first-order valence-corrected chi connectivity index (χ1v) is 9.91. The number of rotatable bonds is 4. The number of fused-ring (bicyclic) bond motifs is 1. The second-order valence-corrected chi connectivity index (χ2v) is 7.87. The molecule has 0 bridgehead atoms. The van der Waals surface area contributed by atoms with Crippen molar-refractivity contribution in [3.05, 3.63) is 75.9 Å². The van der Waals surface area contributed by atoms with E-state index in [0.717, 1.165) is 43.7 Å². The average Bonchev–Trinajstić information content (AvgIpc) is 2.68. The third kappa shape index (κ3) is 3.80. The van der Waals surface area contributed by atoms with Crippen LogP contribution in [0.2, 0.25) is 0 Å². The lowest BCUT2D eigenvalue weighted by Gasteiger charge is -2.34. The highest BCUT2D eigenvalue weighted by Gasteiger charge is 2.23. The summed E-state index contributed by atoms with van der Waals surface area (Å²) in [4.78, 5) is 15.5. The molecule has 28 heavy (non-hydrogen) atoms. The highest BCUT2D eigenvalue weighted by atomic mass is 19.1. The van der Waals surface area contributed by atoms with Gasteiger partial charge in [0.2, 0.25) is 0 Å². The summed E-state index contributed by atoms with van der Waals surface area (Å²) in [5.74, 6) is 0.250. The predicted octanol–water partition coefficient (Wildman–Crippen LogP) is 2.96. The van der Waals surface area contributed by atoms with Gasteiger partial charge in [-0.3, -0.25) is 0 Å². The molecule has 2 heterocycles. The van der Waals surface area contributed by atoms with Gasteiger partial charge < -0.3 is 14.2 Å². The van der Waals surface area contributed by atoms with Gasteiger partial charge in [-0.25, -0.2) is 9.18 Å². The number of hydrogen-bond acceptors (Lipinski definition) is 3. The summed E-state index contributed by atoms with van der Waals surface area (Å²) in [6.45, 7) is 8.49. The Morgan fingerprint density at radius 1 is 1.11 bits per heavy atom. The molecule has 0 aliphatic carbocycles. The minimum atomic E-state index is -0.302. The molecule has 1 N–H and O–H groups in total. The fourth-order valence-electron chi connectivity index (χ4n) is 3.97. The number of halogens is 1. The van der Waals surface area contributed by atoms with Gasteiger partial charge in [-0.15, -0.1) is 0 Å². The van der Waals surface area contributed by atoms with Crippen molar-refractivity contribution < 1.29 is 13.7 Å². The molecule has 0 spiro atoms. The summed E-state index contributed by atoms with van der Waals surface area (Å²) in [6, 6.07) is 14.6. The van der Waals surface area contributed by atoms with E-state index in [9.17, 15) is 9.18 Å². The molecular formula is C23H26FN2O2+. The van der Waals surface area contributed by atoms with Crippen molar-refractivity contribution in [1.29, 1.82) is 0 Å². The number of benzene rings is 2. The van der Waals surface area contributed by atoms with Gasteiger partial charge in [0.1, 0.15) is 17.9 Å². The summed E-state index contributed by atoms with van der Waals surface area (Å²) in [6.07, 6.45) is 0. The molecule has 1 aliphatic heterocycles. The van der Waals surface area contributed by atoms with Crippen molar-refractivity contribution >= 4 is 16.7 Å². The molecule has 4 nitrogen and oxygen atoms in total. The number of nitrogens with zero attached hydrogens (tertiary/aromatic N) is 1. The van der Waals surface area contributed by atoms with E-state index in [1.165, 1.54) is 16.5 Å². The number of para-hydroxylation sites is 1. The zero-order chi connectivity index (χ0) is 19.7. The van der Waals surface area contributed by atoms with Crippen LogP contribution in [0.15, 0.2) is 57.7 Å². The quantitative estimate of drug-likeness (QED) is 0.706. The molecule has 1 saturated heterocycles. The Kier molecular flexibility index (Phi) is 5.18. The Balaban J connectivity index is 1.53. The highest BCUT2D eigenvalue weighted by Crippen LogP contribution is 2.23. The molecule has 3 aromatic rings. The summed E-state index contributed by atoms with van der Waals surface area (Å²) in [5, 5.41) is 1.02. The highest BCUT2D eigenvalue weighted by molar-refractivity contribution is 5.81. The lowest BCUT2D eigenvalue weighted by Crippen LogP contribution is -3.13. The third-order valence-electron chi connectivity index (χ3n) is 5.62. The molecule has 0 atom stereocenters. The molecular weight excluding hydrogens is 355 g/mol. The topological polar surface area (TPSA) is 37.9 Å². The summed E-state index contributed by atoms with van der Waals surface area (Å²) in [7, 11) is 0. The number of hydrogen-bond donors (Lipinski definition) is 1. The smallest absolute Gasteiger partial charge is 0.336 e. The van der Waals surface area contributed by atoms with E-state index in [1.807, 2.05) is 24.3 Å². The number of nitrogens with one attached hydrogen (secondary N) is 1. The van der Waals surface area contributed by atoms with E-state index in [4.69, 9.17) is 4.42 Å². The van der Waals surface area contributed by atoms with E-state index < -0.39 is 0 Å². The first kappa shape index (κ1) is 18.7. The van der Waals surface area contributed by atoms with E-state index in [1.54, 1.807) is 12.1 Å². The standard InChI is InChI=1S/C23H25FN2O2/c1-16(2)17-7-8-22-19(13-17)18(14-23(27)28-22)15-25-9-11-26(12-10-25)21-6-4-3-5-20(21)24/h3-8,13-14,16H,9-12,15H2,1-2H3/p+1. The Morgan fingerprint density at radius 3 is 2.57 bits per heavy atom. The molecule has 0 amide bonds. The first-order valence-electron chi connectivity index (χ1n) is 9.91. The van der Waals surface area contributed by atoms with Crippen LogP contribution in [-0.2, 0) is 6.54 Å². The molecule has 1 aromatic heterocycles. The zero-order valence-corrected chi connectivity index (χ0v) is 16.4. The summed E-state index contributed by atoms with van der Waals surface area (Å²) < 4.78 is 19.4. The monoisotopic (exact) mass is 381 g/mol. The van der Waals surface area contributed by atoms with Crippen molar-refractivity contribution in [2.75, 3.05) is 31.1 Å². The predicted molar refractivity (Wildman–Crippen MR) is 110 cm³/mol. The van der Waals surface area contributed by atoms with Crippen LogP contribution in [0.25, 0.3) is 11.0 Å². The van der Waals surface area contributed by atoms with Gasteiger partial charge in [-0.2, -0.15) is 0 Å². The van der Waals surface area contributed by atoms with E-state index in [-0.39, 0.29) is 11.4 Å². The molecule has 2 aromatic carbocycles. The Morgan fingerprint density at radius 2 is 1.86 bits per heavy atom. The number of anilines is 1. The Labute approximate surface area is 164 Å². The Bertz CT molecular complexity index is 1040. The van der Waals surface area contributed by atoms with Crippen LogP contribution in [0.1, 0.15) is 30.9 Å². The second kappa shape index (κ2) is 7.76. The third-order valence-corrected chi connectivity index (χ3v) is 5.62. The number of piperazine rings is 1. The molecule has 0 saturated carbocycles. The van der Waals surface area contributed by atoms with Crippen LogP contribution in [0.4, 0.5) is 10.1 Å². The SMILES string of the molecule is CC(C)c1ccc2oc(=O)cc(C[NH+]3CCN(c4ccccc4F)CC3)c2c1. The van der Waals surface area contributed by atoms with E-state index in [2.05, 4.69) is 24.8 Å². The maximum atomic E-state index is 14.0. The van der Waals surface area contributed by atoms with Crippen molar-refractivity contribution in [1.82, 2.24) is 0 Å². The van der Waals surface area contributed by atoms with Crippen LogP contribution >= 0.6 is 0 Å². The molecule has 0 radical (unpaired) electrons. The molecule has 5 heteroatoms. The van der Waals surface area contributed by atoms with Crippen molar-refractivity contribution in [3.63, 3.8) is 0 Å². The first-order chi connectivity index (χ1) is 13.5. The van der Waals surface area contributed by atoms with Crippen molar-refractivity contribution in [2.24, 2.45) is 0 Å². The lowest BCUT2D eigenvalue weighted by atomic mass is 9.99. The maximum absolute atomic E-state index is 14.0. The fourth-order valence-corrected chi connectivity index (χ4v) is 3.97. The molecule has 4 rings (SSSR count). The Hall–Kier alpha value is -2.66. The zero-order valence-electron chi connectivity index (χ0n) is 16.4. The minimum Gasteiger partial charge on any atom is -0.423 e. The van der Waals surface area contributed by atoms with Crippen LogP contribution in [0.5, 0.6) is 0 Å². The normalized spacial score (nSPS) is 15.5. The molecule has 146 valence electrons. The van der Waals surface area contributed by atoms with E-state index in [0.29, 0.717) is 17.2 Å². The van der Waals surface area contributed by atoms with Gasteiger partial charge in [0.25, 0.3) is 0 Å². The van der Waals surface area contributed by atoms with Crippen molar-refractivity contribution in [2.45, 2.75) is 26.3 Å². The average molecular weight is 381 g/mol.